The number of nitrogens with one attached hydrogen (secondary N) is 2. The second-order valence-corrected chi connectivity index (χ2v) is 7.09. The molecule has 4 rings (SSSR count). The number of aromatic nitrogens is 2. The minimum atomic E-state index is -4.36. The topological polar surface area (TPSA) is 73.4 Å². The zero-order chi connectivity index (χ0) is 20.4. The average molecular weight is 406 g/mol. The third-order valence-corrected chi connectivity index (χ3v) is 5.32. The van der Waals surface area contributed by atoms with Gasteiger partial charge in [-0.3, -0.25) is 10.2 Å². The van der Waals surface area contributed by atoms with E-state index in [9.17, 15) is 18.0 Å². The summed E-state index contributed by atoms with van der Waals surface area (Å²) >= 11 is 0. The van der Waals surface area contributed by atoms with Crippen molar-refractivity contribution in [2.45, 2.75) is 18.6 Å². The summed E-state index contributed by atoms with van der Waals surface area (Å²) in [6, 6.07) is 7.07. The number of anilines is 2. The van der Waals surface area contributed by atoms with E-state index in [0.717, 1.165) is 18.1 Å². The molecule has 0 radical (unpaired) electrons. The number of nitrogens with zero attached hydrogens (tertiary/aromatic N) is 4. The van der Waals surface area contributed by atoms with Crippen LogP contribution >= 0.6 is 0 Å². The lowest BCUT2D eigenvalue weighted by Crippen LogP contribution is -2.51. The molecule has 1 saturated heterocycles. The highest BCUT2D eigenvalue weighted by molar-refractivity contribution is 5.88. The number of alkyl halides is 3. The molecule has 2 aliphatic rings. The fourth-order valence-electron chi connectivity index (χ4n) is 3.85. The molecular formula is C19H21F3N6O. The molecule has 3 heterocycles. The highest BCUT2D eigenvalue weighted by Gasteiger charge is 2.34. The van der Waals surface area contributed by atoms with Crippen LogP contribution in [0.1, 0.15) is 23.6 Å². The van der Waals surface area contributed by atoms with Crippen LogP contribution in [0.5, 0.6) is 0 Å². The standard InChI is InChI=1S/C19H21F3N6O/c20-19(21,22)13-3-4-14-15(12-13)23-7-5-16(14)27-8-10-28(11-9-27)18(29)25-17-2-1-6-24-26-17/h1-4,6,12,16,23H,5,7-11H2,(H,25,26,29). The molecule has 2 N–H and O–H groups in total. The predicted molar refractivity (Wildman–Crippen MR) is 101 cm³/mol. The van der Waals surface area contributed by atoms with E-state index >= 15 is 0 Å². The number of hydrogen-bond acceptors (Lipinski definition) is 5. The molecule has 1 fully saturated rings. The Labute approximate surface area is 165 Å². The van der Waals surface area contributed by atoms with Crippen LogP contribution in [-0.2, 0) is 6.18 Å². The van der Waals surface area contributed by atoms with Crippen molar-refractivity contribution in [1.29, 1.82) is 0 Å². The molecule has 0 spiro atoms. The van der Waals surface area contributed by atoms with Gasteiger partial charge in [-0.15, -0.1) is 5.10 Å². The van der Waals surface area contributed by atoms with Gasteiger partial charge in [0.25, 0.3) is 0 Å². The van der Waals surface area contributed by atoms with Crippen molar-refractivity contribution in [3.63, 3.8) is 0 Å². The SMILES string of the molecule is O=C(Nc1cccnn1)N1CCN(C2CCNc3cc(C(F)(F)F)ccc32)CC1. The molecule has 0 aliphatic carbocycles. The molecule has 1 aromatic heterocycles. The molecule has 10 heteroatoms. The summed E-state index contributed by atoms with van der Waals surface area (Å²) in [6.45, 7) is 2.99. The summed E-state index contributed by atoms with van der Waals surface area (Å²) in [6.07, 6.45) is -2.01. The fraction of sp³-hybridized carbons (Fsp3) is 0.421. The summed E-state index contributed by atoms with van der Waals surface area (Å²) in [4.78, 5) is 16.3. The van der Waals surface area contributed by atoms with Crippen LogP contribution in [-0.4, -0.2) is 58.8 Å². The van der Waals surface area contributed by atoms with Gasteiger partial charge in [-0.1, -0.05) is 6.07 Å². The Morgan fingerprint density at radius 1 is 1.17 bits per heavy atom. The van der Waals surface area contributed by atoms with Gasteiger partial charge in [0.1, 0.15) is 0 Å². The highest BCUT2D eigenvalue weighted by atomic mass is 19.4. The van der Waals surface area contributed by atoms with Gasteiger partial charge in [0.2, 0.25) is 0 Å². The van der Waals surface area contributed by atoms with E-state index in [2.05, 4.69) is 25.7 Å². The number of rotatable bonds is 2. The first kappa shape index (κ1) is 19.4. The summed E-state index contributed by atoms with van der Waals surface area (Å²) in [5, 5.41) is 13.4. The van der Waals surface area contributed by atoms with Crippen molar-refractivity contribution in [3.8, 4) is 0 Å². The molecule has 2 aliphatic heterocycles. The van der Waals surface area contributed by atoms with Crippen LogP contribution < -0.4 is 10.6 Å². The van der Waals surface area contributed by atoms with Crippen LogP contribution in [0.25, 0.3) is 0 Å². The number of carbonyl (C=O) groups is 1. The zero-order valence-electron chi connectivity index (χ0n) is 15.6. The first-order chi connectivity index (χ1) is 13.9. The minimum absolute atomic E-state index is 0.0405. The van der Waals surface area contributed by atoms with E-state index in [-0.39, 0.29) is 12.1 Å². The molecule has 0 saturated carbocycles. The Kier molecular flexibility index (Phi) is 5.27. The number of carbonyl (C=O) groups excluding carboxylic acids is 1. The molecule has 2 aromatic rings. The minimum Gasteiger partial charge on any atom is -0.385 e. The van der Waals surface area contributed by atoms with Crippen molar-refractivity contribution in [2.24, 2.45) is 0 Å². The lowest BCUT2D eigenvalue weighted by atomic mass is 9.94. The largest absolute Gasteiger partial charge is 0.416 e. The van der Waals surface area contributed by atoms with Gasteiger partial charge in [0, 0.05) is 50.6 Å². The summed E-state index contributed by atoms with van der Waals surface area (Å²) in [5.41, 5.74) is 0.774. The third kappa shape index (κ3) is 4.26. The molecule has 7 nitrogen and oxygen atoms in total. The van der Waals surface area contributed by atoms with E-state index < -0.39 is 11.7 Å². The van der Waals surface area contributed by atoms with Crippen LogP contribution in [0.15, 0.2) is 36.5 Å². The highest BCUT2D eigenvalue weighted by Crippen LogP contribution is 2.38. The van der Waals surface area contributed by atoms with Crippen molar-refractivity contribution >= 4 is 17.5 Å². The molecule has 154 valence electrons. The van der Waals surface area contributed by atoms with Crippen LogP contribution in [0, 0.1) is 0 Å². The molecule has 29 heavy (non-hydrogen) atoms. The number of urea groups is 1. The van der Waals surface area contributed by atoms with Gasteiger partial charge in [0.05, 0.1) is 5.56 Å². The van der Waals surface area contributed by atoms with Gasteiger partial charge < -0.3 is 10.2 Å². The number of amides is 2. The van der Waals surface area contributed by atoms with Gasteiger partial charge in [-0.05, 0) is 36.2 Å². The van der Waals surface area contributed by atoms with Crippen LogP contribution in [0.3, 0.4) is 0 Å². The molecule has 0 bridgehead atoms. The lowest BCUT2D eigenvalue weighted by Gasteiger charge is -2.41. The van der Waals surface area contributed by atoms with Gasteiger partial charge >= 0.3 is 12.2 Å². The van der Waals surface area contributed by atoms with Crippen LogP contribution in [0.4, 0.5) is 29.5 Å². The second kappa shape index (κ2) is 7.86. The molecule has 1 atom stereocenters. The van der Waals surface area contributed by atoms with E-state index in [4.69, 9.17) is 0 Å². The smallest absolute Gasteiger partial charge is 0.385 e. The number of fused-ring (bicyclic) bond motifs is 1. The maximum absolute atomic E-state index is 13.0. The van der Waals surface area contributed by atoms with Gasteiger partial charge in [-0.2, -0.15) is 18.3 Å². The maximum atomic E-state index is 13.0. The van der Waals surface area contributed by atoms with E-state index in [1.807, 2.05) is 0 Å². The quantitative estimate of drug-likeness (QED) is 0.801. The Hall–Kier alpha value is -2.88. The number of benzene rings is 1. The molecular weight excluding hydrogens is 385 g/mol. The zero-order valence-corrected chi connectivity index (χ0v) is 15.6. The normalized spacial score (nSPS) is 20.0. The lowest BCUT2D eigenvalue weighted by molar-refractivity contribution is -0.137. The average Bonchev–Trinajstić information content (AvgIpc) is 2.73. The number of hydrogen-bond donors (Lipinski definition) is 2. The molecule has 1 unspecified atom stereocenters. The van der Waals surface area contributed by atoms with Crippen molar-refractivity contribution < 1.29 is 18.0 Å². The molecule has 2 amide bonds. The van der Waals surface area contributed by atoms with Crippen molar-refractivity contribution in [1.82, 2.24) is 20.0 Å². The number of halogens is 3. The summed E-state index contributed by atoms with van der Waals surface area (Å²) in [7, 11) is 0. The van der Waals surface area contributed by atoms with Crippen LogP contribution in [0.2, 0.25) is 0 Å². The van der Waals surface area contributed by atoms with E-state index in [1.165, 1.54) is 12.3 Å². The third-order valence-electron chi connectivity index (χ3n) is 5.32. The van der Waals surface area contributed by atoms with Crippen molar-refractivity contribution in [3.05, 3.63) is 47.7 Å². The maximum Gasteiger partial charge on any atom is 0.416 e. The first-order valence-electron chi connectivity index (χ1n) is 9.44. The van der Waals surface area contributed by atoms with Crippen molar-refractivity contribution in [2.75, 3.05) is 43.4 Å². The Bertz CT molecular complexity index is 868. The predicted octanol–water partition coefficient (Wildman–Crippen LogP) is 3.20. The van der Waals surface area contributed by atoms with Gasteiger partial charge in [-0.25, -0.2) is 4.79 Å². The van der Waals surface area contributed by atoms with E-state index in [0.29, 0.717) is 44.2 Å². The Balaban J connectivity index is 1.40. The first-order valence-corrected chi connectivity index (χ1v) is 9.44. The summed E-state index contributed by atoms with van der Waals surface area (Å²) < 4.78 is 39.0. The summed E-state index contributed by atoms with van der Waals surface area (Å²) in [5.74, 6) is 0.396. The monoisotopic (exact) mass is 406 g/mol. The number of piperazine rings is 1. The fourth-order valence-corrected chi connectivity index (χ4v) is 3.85. The Morgan fingerprint density at radius 3 is 2.66 bits per heavy atom. The Morgan fingerprint density at radius 2 is 1.97 bits per heavy atom. The second-order valence-electron chi connectivity index (χ2n) is 7.09. The van der Waals surface area contributed by atoms with E-state index in [1.54, 1.807) is 23.1 Å². The van der Waals surface area contributed by atoms with Gasteiger partial charge in [0.15, 0.2) is 5.82 Å². The molecule has 1 aromatic carbocycles.